The van der Waals surface area contributed by atoms with Crippen LogP contribution in [0.5, 0.6) is 0 Å². The molecule has 2 saturated heterocycles. The van der Waals surface area contributed by atoms with Gasteiger partial charge in [-0.25, -0.2) is 0 Å². The first kappa shape index (κ1) is 19.0. The minimum atomic E-state index is -0.711. The number of rotatable bonds is 5. The van der Waals surface area contributed by atoms with E-state index in [0.29, 0.717) is 19.0 Å². The third kappa shape index (κ3) is 2.94. The first-order valence-corrected chi connectivity index (χ1v) is 10.4. The van der Waals surface area contributed by atoms with Crippen molar-refractivity contribution >= 4 is 17.5 Å². The highest BCUT2D eigenvalue weighted by Crippen LogP contribution is 2.52. The number of amides is 2. The molecule has 154 valence electrons. The van der Waals surface area contributed by atoms with Gasteiger partial charge in [0.25, 0.3) is 0 Å². The predicted molar refractivity (Wildman–Crippen MR) is 113 cm³/mol. The summed E-state index contributed by atoms with van der Waals surface area (Å²) in [5, 5.41) is 2.98. The lowest BCUT2D eigenvalue weighted by molar-refractivity contribution is -0.132. The van der Waals surface area contributed by atoms with Crippen molar-refractivity contribution in [2.75, 3.05) is 11.4 Å². The van der Waals surface area contributed by atoms with Crippen LogP contribution >= 0.6 is 0 Å². The number of hydrogen-bond acceptors (Lipinski definition) is 4. The van der Waals surface area contributed by atoms with Gasteiger partial charge < -0.3 is 15.0 Å². The number of hydrogen-bond donors (Lipinski definition) is 1. The van der Waals surface area contributed by atoms with Gasteiger partial charge in [-0.3, -0.25) is 14.6 Å². The Morgan fingerprint density at radius 2 is 1.97 bits per heavy atom. The fraction of sp³-hybridized carbons (Fsp3) is 0.375. The minimum absolute atomic E-state index is 0.0387. The molecule has 1 aromatic carbocycles. The zero-order valence-corrected chi connectivity index (χ0v) is 17.1. The van der Waals surface area contributed by atoms with E-state index in [0.717, 1.165) is 11.3 Å². The molecule has 4 heterocycles. The van der Waals surface area contributed by atoms with Gasteiger partial charge in [-0.2, -0.15) is 0 Å². The largest absolute Gasteiger partial charge is 0.360 e. The van der Waals surface area contributed by atoms with Gasteiger partial charge in [0.1, 0.15) is 5.60 Å². The van der Waals surface area contributed by atoms with Crippen LogP contribution in [0.4, 0.5) is 5.69 Å². The molecule has 0 unspecified atom stereocenters. The molecule has 1 aromatic heterocycles. The zero-order valence-electron chi connectivity index (χ0n) is 17.1. The SMILES string of the molecule is CC(C)c1ccc(N2C[C@@]34C=C[C@@H](O3)[C@@H](C(=O)NCc3ccncc3)[C@H]4C2=O)cc1. The van der Waals surface area contributed by atoms with Crippen molar-refractivity contribution in [3.63, 3.8) is 0 Å². The number of aromatic nitrogens is 1. The molecule has 5 rings (SSSR count). The number of carbonyl (C=O) groups is 2. The fourth-order valence-electron chi connectivity index (χ4n) is 4.86. The highest BCUT2D eigenvalue weighted by atomic mass is 16.5. The number of pyridine rings is 1. The van der Waals surface area contributed by atoms with Gasteiger partial charge in [-0.05, 0) is 41.3 Å². The summed E-state index contributed by atoms with van der Waals surface area (Å²) in [5.74, 6) is -0.748. The number of nitrogens with zero attached hydrogens (tertiary/aromatic N) is 2. The average Bonchev–Trinajstić information content (AvgIpc) is 3.41. The van der Waals surface area contributed by atoms with Crippen molar-refractivity contribution in [1.29, 1.82) is 0 Å². The first-order valence-electron chi connectivity index (χ1n) is 10.4. The molecule has 2 fully saturated rings. The second-order valence-electron chi connectivity index (χ2n) is 8.64. The normalized spacial score (nSPS) is 29.0. The van der Waals surface area contributed by atoms with E-state index in [4.69, 9.17) is 4.74 Å². The van der Waals surface area contributed by atoms with Crippen LogP contribution in [0.15, 0.2) is 60.9 Å². The Morgan fingerprint density at radius 3 is 2.67 bits per heavy atom. The van der Waals surface area contributed by atoms with E-state index in [1.54, 1.807) is 17.3 Å². The molecular formula is C24H25N3O3. The molecule has 4 atom stereocenters. The Morgan fingerprint density at radius 1 is 1.23 bits per heavy atom. The predicted octanol–water partition coefficient (Wildman–Crippen LogP) is 2.81. The maximum atomic E-state index is 13.4. The van der Waals surface area contributed by atoms with Crippen LogP contribution in [0, 0.1) is 11.8 Å². The zero-order chi connectivity index (χ0) is 20.9. The van der Waals surface area contributed by atoms with E-state index in [9.17, 15) is 9.59 Å². The van der Waals surface area contributed by atoms with Crippen LogP contribution in [0.2, 0.25) is 0 Å². The summed E-state index contributed by atoms with van der Waals surface area (Å²) in [6, 6.07) is 11.8. The second-order valence-corrected chi connectivity index (χ2v) is 8.64. The topological polar surface area (TPSA) is 71.5 Å². The molecule has 0 radical (unpaired) electrons. The van der Waals surface area contributed by atoms with Crippen molar-refractivity contribution in [1.82, 2.24) is 10.3 Å². The van der Waals surface area contributed by atoms with E-state index in [1.807, 2.05) is 36.4 Å². The van der Waals surface area contributed by atoms with Crippen LogP contribution in [0.3, 0.4) is 0 Å². The fourth-order valence-corrected chi connectivity index (χ4v) is 4.86. The summed E-state index contributed by atoms with van der Waals surface area (Å²) in [7, 11) is 0. The van der Waals surface area contributed by atoms with Gasteiger partial charge in [-0.1, -0.05) is 38.1 Å². The molecule has 1 spiro atoms. The van der Waals surface area contributed by atoms with E-state index >= 15 is 0 Å². The number of ether oxygens (including phenoxy) is 1. The lowest BCUT2D eigenvalue weighted by atomic mass is 9.77. The summed E-state index contributed by atoms with van der Waals surface area (Å²) >= 11 is 0. The highest BCUT2D eigenvalue weighted by Gasteiger charge is 2.67. The third-order valence-electron chi connectivity index (χ3n) is 6.49. The summed E-state index contributed by atoms with van der Waals surface area (Å²) in [4.78, 5) is 32.2. The average molecular weight is 403 g/mol. The maximum absolute atomic E-state index is 13.4. The number of carbonyl (C=O) groups excluding carboxylic acids is 2. The van der Waals surface area contributed by atoms with E-state index in [2.05, 4.69) is 36.3 Å². The van der Waals surface area contributed by atoms with Crippen molar-refractivity contribution < 1.29 is 14.3 Å². The Labute approximate surface area is 175 Å². The molecule has 2 aromatic rings. The Kier molecular flexibility index (Phi) is 4.47. The quantitative estimate of drug-likeness (QED) is 0.780. The molecule has 3 aliphatic heterocycles. The first-order chi connectivity index (χ1) is 14.5. The van der Waals surface area contributed by atoms with E-state index in [-0.39, 0.29) is 17.9 Å². The number of fused-ring (bicyclic) bond motifs is 1. The molecule has 3 aliphatic rings. The van der Waals surface area contributed by atoms with Crippen molar-refractivity contribution in [3.05, 3.63) is 72.1 Å². The number of benzene rings is 1. The Hall–Kier alpha value is -2.99. The van der Waals surface area contributed by atoms with Crippen LogP contribution in [0.1, 0.15) is 30.9 Å². The number of anilines is 1. The van der Waals surface area contributed by atoms with Crippen LogP contribution < -0.4 is 10.2 Å². The van der Waals surface area contributed by atoms with Crippen molar-refractivity contribution in [2.24, 2.45) is 11.8 Å². The lowest BCUT2D eigenvalue weighted by Gasteiger charge is -2.23. The van der Waals surface area contributed by atoms with Crippen molar-refractivity contribution in [2.45, 2.75) is 38.0 Å². The third-order valence-corrected chi connectivity index (χ3v) is 6.49. The molecule has 6 heteroatoms. The standard InChI is InChI=1S/C24H25N3O3/c1-15(2)17-3-5-18(6-4-17)27-14-24-10-7-19(30-24)20(21(24)23(27)29)22(28)26-13-16-8-11-25-12-9-16/h3-12,15,19-21H,13-14H2,1-2H3,(H,26,28)/t19-,20-,21+,24-/m1/s1. The second kappa shape index (κ2) is 7.06. The van der Waals surface area contributed by atoms with Gasteiger partial charge in [0.2, 0.25) is 11.8 Å². The Balaban J connectivity index is 1.36. The summed E-state index contributed by atoms with van der Waals surface area (Å²) in [6.45, 7) is 5.14. The molecule has 1 N–H and O–H groups in total. The molecular weight excluding hydrogens is 378 g/mol. The van der Waals surface area contributed by atoms with Gasteiger partial charge in [-0.15, -0.1) is 0 Å². The lowest BCUT2D eigenvalue weighted by Crippen LogP contribution is -2.43. The summed E-state index contributed by atoms with van der Waals surface area (Å²) in [6.07, 6.45) is 6.97. The van der Waals surface area contributed by atoms with Gasteiger partial charge in [0.15, 0.2) is 0 Å². The monoisotopic (exact) mass is 403 g/mol. The van der Waals surface area contributed by atoms with Crippen LogP contribution in [0.25, 0.3) is 0 Å². The van der Waals surface area contributed by atoms with Crippen molar-refractivity contribution in [3.8, 4) is 0 Å². The van der Waals surface area contributed by atoms with Crippen LogP contribution in [-0.4, -0.2) is 35.0 Å². The van der Waals surface area contributed by atoms with Gasteiger partial charge >= 0.3 is 0 Å². The molecule has 2 bridgehead atoms. The summed E-state index contributed by atoms with van der Waals surface area (Å²) < 4.78 is 6.21. The van der Waals surface area contributed by atoms with E-state index < -0.39 is 17.4 Å². The van der Waals surface area contributed by atoms with E-state index in [1.165, 1.54) is 5.56 Å². The molecule has 2 amide bonds. The summed E-state index contributed by atoms with van der Waals surface area (Å²) in [5.41, 5.74) is 2.34. The molecule has 0 saturated carbocycles. The molecule has 6 nitrogen and oxygen atoms in total. The molecule has 30 heavy (non-hydrogen) atoms. The van der Waals surface area contributed by atoms with Gasteiger partial charge in [0, 0.05) is 24.6 Å². The Bertz CT molecular complexity index is 1000. The smallest absolute Gasteiger partial charge is 0.234 e. The molecule has 0 aliphatic carbocycles. The van der Waals surface area contributed by atoms with Gasteiger partial charge in [0.05, 0.1) is 24.5 Å². The maximum Gasteiger partial charge on any atom is 0.234 e. The van der Waals surface area contributed by atoms with Crippen LogP contribution in [-0.2, 0) is 20.9 Å². The highest BCUT2D eigenvalue weighted by molar-refractivity contribution is 6.03. The minimum Gasteiger partial charge on any atom is -0.360 e. The number of nitrogens with one attached hydrogen (secondary N) is 1.